The quantitative estimate of drug-likeness (QED) is 0.799. The zero-order chi connectivity index (χ0) is 14.0. The van der Waals surface area contributed by atoms with Gasteiger partial charge in [0.05, 0.1) is 10.7 Å². The van der Waals surface area contributed by atoms with Crippen molar-refractivity contribution in [3.05, 3.63) is 61.4 Å². The summed E-state index contributed by atoms with van der Waals surface area (Å²) in [6.45, 7) is -0.804. The molecule has 0 aliphatic carbocycles. The highest BCUT2D eigenvalue weighted by Crippen LogP contribution is 2.29. The lowest BCUT2D eigenvalue weighted by Crippen LogP contribution is -2.31. The Balaban J connectivity index is 2.36. The van der Waals surface area contributed by atoms with Gasteiger partial charge in [-0.05, 0) is 31.9 Å². The highest BCUT2D eigenvalue weighted by Gasteiger charge is 2.33. The summed E-state index contributed by atoms with van der Waals surface area (Å²) in [4.78, 5) is 11.8. The molecule has 0 aliphatic heterocycles. The number of nitrogens with zero attached hydrogens (tertiary/aromatic N) is 2. The van der Waals surface area contributed by atoms with Gasteiger partial charge in [0.15, 0.2) is 0 Å². The first-order valence-corrected chi connectivity index (χ1v) is 6.85. The second-order valence-corrected chi connectivity index (χ2v) is 5.49. The molecule has 0 bridgehead atoms. The van der Waals surface area contributed by atoms with E-state index in [0.717, 1.165) is 4.68 Å². The third-order valence-corrected chi connectivity index (χ3v) is 4.39. The molecule has 0 atom stereocenters. The first kappa shape index (κ1) is 14.3. The molecular formula is C12H8Br2F2N2O. The Morgan fingerprint density at radius 2 is 1.84 bits per heavy atom. The summed E-state index contributed by atoms with van der Waals surface area (Å²) in [5.74, 6) is -3.16. The van der Waals surface area contributed by atoms with Crippen LogP contribution < -0.4 is 5.56 Å². The van der Waals surface area contributed by atoms with E-state index < -0.39 is 18.0 Å². The standard InChI is InChI=1S/C12H8Br2F2N2O/c13-9-6-17-18(11(19)10(9)14)7-12(15,16)8-4-2-1-3-5-8/h1-6H,7H2. The molecule has 7 heteroatoms. The molecule has 100 valence electrons. The number of aromatic nitrogens is 2. The number of benzene rings is 1. The summed E-state index contributed by atoms with van der Waals surface area (Å²) >= 11 is 6.12. The molecule has 0 unspecified atom stereocenters. The van der Waals surface area contributed by atoms with Gasteiger partial charge in [-0.2, -0.15) is 13.9 Å². The minimum Gasteiger partial charge on any atom is -0.266 e. The largest absolute Gasteiger partial charge is 0.292 e. The Kier molecular flexibility index (Phi) is 4.15. The Bertz CT molecular complexity index is 644. The summed E-state index contributed by atoms with van der Waals surface area (Å²) in [7, 11) is 0. The van der Waals surface area contributed by atoms with Crippen LogP contribution in [0.25, 0.3) is 0 Å². The van der Waals surface area contributed by atoms with Crippen LogP contribution in [0.3, 0.4) is 0 Å². The van der Waals surface area contributed by atoms with Crippen LogP contribution in [0.5, 0.6) is 0 Å². The van der Waals surface area contributed by atoms with E-state index in [4.69, 9.17) is 0 Å². The molecule has 2 rings (SSSR count). The van der Waals surface area contributed by atoms with E-state index in [2.05, 4.69) is 37.0 Å². The maximum atomic E-state index is 14.0. The fraction of sp³-hybridized carbons (Fsp3) is 0.167. The molecule has 0 saturated heterocycles. The zero-order valence-corrected chi connectivity index (χ0v) is 12.7. The average Bonchev–Trinajstić information content (AvgIpc) is 2.40. The van der Waals surface area contributed by atoms with Crippen LogP contribution in [-0.4, -0.2) is 9.78 Å². The lowest BCUT2D eigenvalue weighted by Gasteiger charge is -2.17. The van der Waals surface area contributed by atoms with Gasteiger partial charge in [0.1, 0.15) is 11.0 Å². The summed E-state index contributed by atoms with van der Waals surface area (Å²) in [5.41, 5.74) is -0.757. The summed E-state index contributed by atoms with van der Waals surface area (Å²) in [6, 6.07) is 7.34. The van der Waals surface area contributed by atoms with Crippen LogP contribution in [0.15, 0.2) is 50.3 Å². The summed E-state index contributed by atoms with van der Waals surface area (Å²) in [6.07, 6.45) is 1.30. The molecule has 19 heavy (non-hydrogen) atoms. The van der Waals surface area contributed by atoms with Gasteiger partial charge in [-0.3, -0.25) is 4.79 Å². The molecule has 2 aromatic rings. The third-order valence-electron chi connectivity index (χ3n) is 2.49. The van der Waals surface area contributed by atoms with Gasteiger partial charge in [0.25, 0.3) is 11.5 Å². The minimum atomic E-state index is -3.16. The zero-order valence-electron chi connectivity index (χ0n) is 9.49. The highest BCUT2D eigenvalue weighted by atomic mass is 79.9. The van der Waals surface area contributed by atoms with E-state index in [1.165, 1.54) is 30.5 Å². The highest BCUT2D eigenvalue weighted by molar-refractivity contribution is 9.13. The molecular weight excluding hydrogens is 386 g/mol. The molecule has 1 aromatic heterocycles. The molecule has 1 heterocycles. The Morgan fingerprint density at radius 1 is 1.21 bits per heavy atom. The van der Waals surface area contributed by atoms with Gasteiger partial charge in [-0.25, -0.2) is 4.68 Å². The fourth-order valence-electron chi connectivity index (χ4n) is 1.52. The molecule has 0 amide bonds. The first-order valence-electron chi connectivity index (χ1n) is 5.26. The molecule has 0 N–H and O–H groups in total. The monoisotopic (exact) mass is 392 g/mol. The predicted octanol–water partition coefficient (Wildman–Crippen LogP) is 3.56. The second kappa shape index (κ2) is 5.50. The number of hydrogen-bond acceptors (Lipinski definition) is 2. The van der Waals surface area contributed by atoms with Gasteiger partial charge >= 0.3 is 0 Å². The maximum Gasteiger partial charge on any atom is 0.292 e. The van der Waals surface area contributed by atoms with Crippen LogP contribution in [0.4, 0.5) is 8.78 Å². The van der Waals surface area contributed by atoms with Crippen LogP contribution in [0, 0.1) is 0 Å². The number of hydrogen-bond donors (Lipinski definition) is 0. The number of alkyl halides is 2. The van der Waals surface area contributed by atoms with Crippen LogP contribution in [0.2, 0.25) is 0 Å². The summed E-state index contributed by atoms with van der Waals surface area (Å²) in [5, 5.41) is 3.70. The van der Waals surface area contributed by atoms with Crippen molar-refractivity contribution in [2.75, 3.05) is 0 Å². The maximum absolute atomic E-state index is 14.0. The van der Waals surface area contributed by atoms with E-state index in [1.807, 2.05) is 0 Å². The van der Waals surface area contributed by atoms with Gasteiger partial charge < -0.3 is 0 Å². The van der Waals surface area contributed by atoms with Crippen molar-refractivity contribution < 1.29 is 8.78 Å². The molecule has 0 spiro atoms. The second-order valence-electron chi connectivity index (χ2n) is 3.84. The van der Waals surface area contributed by atoms with E-state index in [-0.39, 0.29) is 10.0 Å². The van der Waals surface area contributed by atoms with E-state index in [9.17, 15) is 13.6 Å². The number of halogens is 4. The molecule has 0 aliphatic rings. The lowest BCUT2D eigenvalue weighted by atomic mass is 10.1. The van der Waals surface area contributed by atoms with Crippen molar-refractivity contribution in [3.63, 3.8) is 0 Å². The SMILES string of the molecule is O=c1c(Br)c(Br)cnn1CC(F)(F)c1ccccc1. The Labute approximate surface area is 124 Å². The molecule has 0 fully saturated rings. The van der Waals surface area contributed by atoms with Gasteiger partial charge in [0.2, 0.25) is 0 Å². The third kappa shape index (κ3) is 3.09. The van der Waals surface area contributed by atoms with Crippen LogP contribution >= 0.6 is 31.9 Å². The lowest BCUT2D eigenvalue weighted by molar-refractivity contribution is -0.0268. The van der Waals surface area contributed by atoms with Crippen LogP contribution in [-0.2, 0) is 12.5 Å². The molecule has 0 radical (unpaired) electrons. The Hall–Kier alpha value is -1.08. The van der Waals surface area contributed by atoms with Crippen molar-refractivity contribution in [2.45, 2.75) is 12.5 Å². The van der Waals surface area contributed by atoms with Gasteiger partial charge in [-0.1, -0.05) is 30.3 Å². The van der Waals surface area contributed by atoms with Crippen molar-refractivity contribution in [2.24, 2.45) is 0 Å². The molecule has 0 saturated carbocycles. The van der Waals surface area contributed by atoms with Crippen molar-refractivity contribution in [3.8, 4) is 0 Å². The van der Waals surface area contributed by atoms with Crippen molar-refractivity contribution in [1.82, 2.24) is 9.78 Å². The molecule has 3 nitrogen and oxygen atoms in total. The summed E-state index contributed by atoms with van der Waals surface area (Å²) < 4.78 is 29.4. The van der Waals surface area contributed by atoms with Gasteiger partial charge in [0, 0.05) is 5.56 Å². The fourth-order valence-corrected chi connectivity index (χ4v) is 2.09. The normalized spacial score (nSPS) is 11.6. The smallest absolute Gasteiger partial charge is 0.266 e. The van der Waals surface area contributed by atoms with Crippen molar-refractivity contribution >= 4 is 31.9 Å². The van der Waals surface area contributed by atoms with Gasteiger partial charge in [-0.15, -0.1) is 0 Å². The van der Waals surface area contributed by atoms with Crippen LogP contribution in [0.1, 0.15) is 5.56 Å². The first-order chi connectivity index (χ1) is 8.92. The number of rotatable bonds is 3. The Morgan fingerprint density at radius 3 is 2.47 bits per heavy atom. The van der Waals surface area contributed by atoms with E-state index in [0.29, 0.717) is 4.47 Å². The predicted molar refractivity (Wildman–Crippen MR) is 74.2 cm³/mol. The van der Waals surface area contributed by atoms with Crippen molar-refractivity contribution in [1.29, 1.82) is 0 Å². The topological polar surface area (TPSA) is 34.9 Å². The van der Waals surface area contributed by atoms with E-state index >= 15 is 0 Å². The molecule has 1 aromatic carbocycles. The van der Waals surface area contributed by atoms with E-state index in [1.54, 1.807) is 6.07 Å². The average molecular weight is 394 g/mol. The minimum absolute atomic E-state index is 0.150.